The summed E-state index contributed by atoms with van der Waals surface area (Å²) in [6, 6.07) is 7.02. The summed E-state index contributed by atoms with van der Waals surface area (Å²) in [4.78, 5) is 37.2. The number of nitrogens with one attached hydrogen (secondary N) is 1. The van der Waals surface area contributed by atoms with Crippen LogP contribution in [0.15, 0.2) is 24.3 Å². The minimum atomic E-state index is -0.902. The van der Waals surface area contributed by atoms with Crippen LogP contribution in [0.5, 0.6) is 0 Å². The van der Waals surface area contributed by atoms with E-state index >= 15 is 0 Å². The summed E-state index contributed by atoms with van der Waals surface area (Å²) < 4.78 is 5.46. The maximum atomic E-state index is 12.6. The van der Waals surface area contributed by atoms with Gasteiger partial charge in [0.15, 0.2) is 0 Å². The molecule has 26 heavy (non-hydrogen) atoms. The molecule has 0 saturated carbocycles. The van der Waals surface area contributed by atoms with Crippen LogP contribution in [0.2, 0.25) is 0 Å². The third kappa shape index (κ3) is 5.47. The molecule has 1 atom stereocenters. The van der Waals surface area contributed by atoms with E-state index in [9.17, 15) is 14.4 Å². The number of benzene rings is 1. The normalized spacial score (nSPS) is 16.6. The van der Waals surface area contributed by atoms with Gasteiger partial charge in [-0.25, -0.2) is 4.79 Å². The van der Waals surface area contributed by atoms with E-state index in [0.29, 0.717) is 19.4 Å². The van der Waals surface area contributed by atoms with Gasteiger partial charge in [-0.2, -0.15) is 0 Å². The minimum absolute atomic E-state index is 0.0104. The maximum absolute atomic E-state index is 12.6. The van der Waals surface area contributed by atoms with Crippen LogP contribution in [0.3, 0.4) is 0 Å². The minimum Gasteiger partial charge on any atom is -0.481 e. The van der Waals surface area contributed by atoms with Gasteiger partial charge in [-0.3, -0.25) is 14.5 Å². The van der Waals surface area contributed by atoms with Crippen molar-refractivity contribution in [3.05, 3.63) is 35.4 Å². The Balaban J connectivity index is 2.12. The molecule has 0 bridgehead atoms. The Morgan fingerprint density at radius 3 is 2.50 bits per heavy atom. The average molecular weight is 362 g/mol. The predicted molar refractivity (Wildman–Crippen MR) is 95.6 cm³/mol. The molecule has 0 saturated heterocycles. The summed E-state index contributed by atoms with van der Waals surface area (Å²) in [6.07, 6.45) is 0.207. The lowest BCUT2D eigenvalue weighted by Gasteiger charge is -2.36. The van der Waals surface area contributed by atoms with E-state index in [0.717, 1.165) is 11.1 Å². The van der Waals surface area contributed by atoms with Crippen LogP contribution in [-0.4, -0.2) is 46.2 Å². The Morgan fingerprint density at radius 2 is 1.88 bits per heavy atom. The van der Waals surface area contributed by atoms with Gasteiger partial charge in [0.25, 0.3) is 0 Å². The number of aliphatic carboxylic acids is 1. The molecule has 2 N–H and O–H groups in total. The molecule has 0 radical (unpaired) electrons. The number of rotatable bonds is 5. The first-order valence-electron chi connectivity index (χ1n) is 8.73. The number of nitrogens with zero attached hydrogens (tertiary/aromatic N) is 1. The number of amides is 2. The van der Waals surface area contributed by atoms with Gasteiger partial charge in [-0.05, 0) is 38.3 Å². The molecule has 1 aromatic rings. The van der Waals surface area contributed by atoms with Crippen molar-refractivity contribution in [2.45, 2.75) is 58.2 Å². The van der Waals surface area contributed by atoms with Crippen LogP contribution in [0.1, 0.15) is 44.7 Å². The fourth-order valence-corrected chi connectivity index (χ4v) is 2.84. The van der Waals surface area contributed by atoms with Crippen molar-refractivity contribution in [1.29, 1.82) is 0 Å². The molecular formula is C19H26N2O5. The van der Waals surface area contributed by atoms with Crippen molar-refractivity contribution in [2.24, 2.45) is 0 Å². The van der Waals surface area contributed by atoms with E-state index in [1.807, 2.05) is 24.3 Å². The third-order valence-electron chi connectivity index (χ3n) is 4.05. The number of ether oxygens (including phenoxy) is 1. The van der Waals surface area contributed by atoms with Gasteiger partial charge in [0.05, 0.1) is 6.54 Å². The van der Waals surface area contributed by atoms with Crippen LogP contribution >= 0.6 is 0 Å². The van der Waals surface area contributed by atoms with E-state index in [1.165, 1.54) is 4.90 Å². The second-order valence-corrected chi connectivity index (χ2v) is 7.39. The monoisotopic (exact) mass is 362 g/mol. The number of hydrogen-bond donors (Lipinski definition) is 2. The molecule has 1 heterocycles. The molecular weight excluding hydrogens is 336 g/mol. The molecule has 7 nitrogen and oxygen atoms in total. The molecule has 2 amide bonds. The highest BCUT2D eigenvalue weighted by molar-refractivity contribution is 5.86. The predicted octanol–water partition coefficient (Wildman–Crippen LogP) is 2.33. The molecule has 142 valence electrons. The average Bonchev–Trinajstić information content (AvgIpc) is 2.55. The Bertz CT molecular complexity index is 681. The molecule has 1 aliphatic rings. The zero-order chi connectivity index (χ0) is 19.3. The number of carboxylic acid groups (broad SMARTS) is 1. The van der Waals surface area contributed by atoms with Gasteiger partial charge in [-0.1, -0.05) is 24.3 Å². The summed E-state index contributed by atoms with van der Waals surface area (Å²) in [6.45, 7) is 5.90. The maximum Gasteiger partial charge on any atom is 0.411 e. The van der Waals surface area contributed by atoms with E-state index in [-0.39, 0.29) is 18.9 Å². The van der Waals surface area contributed by atoms with Crippen molar-refractivity contribution in [2.75, 3.05) is 6.54 Å². The first-order valence-corrected chi connectivity index (χ1v) is 8.73. The molecule has 0 unspecified atom stereocenters. The Morgan fingerprint density at radius 1 is 1.23 bits per heavy atom. The van der Waals surface area contributed by atoms with Gasteiger partial charge < -0.3 is 15.2 Å². The molecule has 1 aromatic carbocycles. The van der Waals surface area contributed by atoms with Gasteiger partial charge in [0.1, 0.15) is 11.6 Å². The molecule has 1 aliphatic heterocycles. The Hall–Kier alpha value is -2.57. The first kappa shape index (κ1) is 19.8. The van der Waals surface area contributed by atoms with E-state index < -0.39 is 23.7 Å². The topological polar surface area (TPSA) is 95.9 Å². The fourth-order valence-electron chi connectivity index (χ4n) is 2.84. The molecule has 0 aromatic heterocycles. The standard InChI is InChI=1S/C19H26N2O5/c1-19(2,3)26-18(25)21-12-14-8-5-4-7-13(14)11-15(21)17(24)20-10-6-9-16(22)23/h4-5,7-8,15H,6,9-12H2,1-3H3,(H,20,24)(H,22,23)/t15-/m0/s1. The zero-order valence-electron chi connectivity index (χ0n) is 15.4. The molecule has 0 aliphatic carbocycles. The SMILES string of the molecule is CC(C)(C)OC(=O)N1Cc2ccccc2C[C@H]1C(=O)NCCCC(=O)O. The van der Waals surface area contributed by atoms with Gasteiger partial charge in [-0.15, -0.1) is 0 Å². The van der Waals surface area contributed by atoms with Gasteiger partial charge >= 0.3 is 12.1 Å². The van der Waals surface area contributed by atoms with Crippen LogP contribution in [-0.2, 0) is 27.3 Å². The van der Waals surface area contributed by atoms with Gasteiger partial charge in [0.2, 0.25) is 5.91 Å². The zero-order valence-corrected chi connectivity index (χ0v) is 15.4. The largest absolute Gasteiger partial charge is 0.481 e. The second kappa shape index (κ2) is 8.21. The lowest BCUT2D eigenvalue weighted by molar-refractivity contribution is -0.137. The fraction of sp³-hybridized carbons (Fsp3) is 0.526. The summed E-state index contributed by atoms with van der Waals surface area (Å²) in [5.74, 6) is -1.20. The van der Waals surface area contributed by atoms with E-state index in [4.69, 9.17) is 9.84 Å². The number of hydrogen-bond acceptors (Lipinski definition) is 4. The number of fused-ring (bicyclic) bond motifs is 1. The summed E-state index contributed by atoms with van der Waals surface area (Å²) in [7, 11) is 0. The van der Waals surface area contributed by atoms with Crippen LogP contribution in [0.25, 0.3) is 0 Å². The number of carbonyl (C=O) groups excluding carboxylic acids is 2. The van der Waals surface area contributed by atoms with Crippen molar-refractivity contribution < 1.29 is 24.2 Å². The number of carboxylic acids is 1. The summed E-state index contributed by atoms with van der Waals surface area (Å²) in [5, 5.41) is 11.4. The van der Waals surface area contributed by atoms with Crippen molar-refractivity contribution >= 4 is 18.0 Å². The molecule has 7 heteroatoms. The Kier molecular flexibility index (Phi) is 6.23. The lowest BCUT2D eigenvalue weighted by Crippen LogP contribution is -2.53. The van der Waals surface area contributed by atoms with Crippen LogP contribution in [0.4, 0.5) is 4.79 Å². The van der Waals surface area contributed by atoms with E-state index in [2.05, 4.69) is 5.32 Å². The summed E-state index contributed by atoms with van der Waals surface area (Å²) in [5.41, 5.74) is 1.36. The third-order valence-corrected chi connectivity index (χ3v) is 4.05. The van der Waals surface area contributed by atoms with Crippen molar-refractivity contribution in [1.82, 2.24) is 10.2 Å². The Labute approximate surface area is 153 Å². The highest BCUT2D eigenvalue weighted by atomic mass is 16.6. The lowest BCUT2D eigenvalue weighted by atomic mass is 9.94. The van der Waals surface area contributed by atoms with E-state index in [1.54, 1.807) is 20.8 Å². The molecule has 0 spiro atoms. The van der Waals surface area contributed by atoms with Gasteiger partial charge in [0, 0.05) is 19.4 Å². The number of carbonyl (C=O) groups is 3. The smallest absolute Gasteiger partial charge is 0.411 e. The highest BCUT2D eigenvalue weighted by Gasteiger charge is 2.36. The first-order chi connectivity index (χ1) is 12.2. The van der Waals surface area contributed by atoms with Crippen molar-refractivity contribution in [3.63, 3.8) is 0 Å². The second-order valence-electron chi connectivity index (χ2n) is 7.39. The molecule has 2 rings (SSSR count). The van der Waals surface area contributed by atoms with Crippen LogP contribution < -0.4 is 5.32 Å². The van der Waals surface area contributed by atoms with Crippen LogP contribution in [0, 0.1) is 0 Å². The highest BCUT2D eigenvalue weighted by Crippen LogP contribution is 2.25. The molecule has 0 fully saturated rings. The van der Waals surface area contributed by atoms with Crippen molar-refractivity contribution in [3.8, 4) is 0 Å². The summed E-state index contributed by atoms with van der Waals surface area (Å²) >= 11 is 0. The quantitative estimate of drug-likeness (QED) is 0.784.